The van der Waals surface area contributed by atoms with Crippen LogP contribution >= 0.6 is 28.1 Å². The fraction of sp³-hybridized carbons (Fsp3) is 0.318. The van der Waals surface area contributed by atoms with Crippen molar-refractivity contribution in [2.75, 3.05) is 25.5 Å². The molecule has 2 aromatic carbocycles. The number of ether oxygens (including phenoxy) is 1. The van der Waals surface area contributed by atoms with Crippen molar-refractivity contribution in [3.8, 4) is 5.75 Å². The molecule has 0 aliphatic carbocycles. The molecule has 0 aliphatic heterocycles. The van der Waals surface area contributed by atoms with Crippen LogP contribution in [0.2, 0.25) is 0 Å². The van der Waals surface area contributed by atoms with Crippen molar-refractivity contribution in [3.63, 3.8) is 0 Å². The molecule has 0 radical (unpaired) electrons. The van der Waals surface area contributed by atoms with Gasteiger partial charge < -0.3 is 15.0 Å². The van der Waals surface area contributed by atoms with Gasteiger partial charge >= 0.3 is 0 Å². The van der Waals surface area contributed by atoms with E-state index in [1.807, 2.05) is 4.90 Å². The first-order valence-corrected chi connectivity index (χ1v) is 10.9. The van der Waals surface area contributed by atoms with Gasteiger partial charge in [0.25, 0.3) is 11.8 Å². The summed E-state index contributed by atoms with van der Waals surface area (Å²) in [5.41, 5.74) is 1.65. The molecule has 160 valence electrons. The lowest BCUT2D eigenvalue weighted by Gasteiger charge is -2.21. The molecule has 0 aliphatic rings. The minimum atomic E-state index is -0.347. The average Bonchev–Trinajstić information content (AvgIpc) is 2.73. The number of rotatable bonds is 8. The van der Waals surface area contributed by atoms with Crippen molar-refractivity contribution in [1.82, 2.24) is 10.2 Å². The van der Waals surface area contributed by atoms with Gasteiger partial charge in [-0.3, -0.25) is 14.9 Å². The maximum absolute atomic E-state index is 12.8. The van der Waals surface area contributed by atoms with Gasteiger partial charge in [-0.25, -0.2) is 0 Å². The smallest absolute Gasteiger partial charge is 0.257 e. The molecule has 0 spiro atoms. The molecule has 2 N–H and O–H groups in total. The Balaban J connectivity index is 2.05. The lowest BCUT2D eigenvalue weighted by molar-refractivity contribution is 0.0755. The number of nitrogens with one attached hydrogen (secondary N) is 2. The minimum Gasteiger partial charge on any atom is -0.496 e. The van der Waals surface area contributed by atoms with Gasteiger partial charge in [0.2, 0.25) is 0 Å². The number of halogens is 1. The van der Waals surface area contributed by atoms with E-state index < -0.39 is 0 Å². The standard InChI is InChI=1S/C22H26BrN3O3S/c1-4-11-26(12-5-2)21(28)16-7-6-8-17(13-16)24-22(30)25-20(27)15-9-10-19(29-3)18(23)14-15/h6-10,13-14H,4-5,11-12H2,1-3H3,(H2,24,25,27,30). The molecule has 0 bridgehead atoms. The average molecular weight is 492 g/mol. The Morgan fingerprint density at radius 2 is 1.77 bits per heavy atom. The van der Waals surface area contributed by atoms with Gasteiger partial charge in [0.15, 0.2) is 5.11 Å². The third-order valence-corrected chi connectivity index (χ3v) is 5.11. The summed E-state index contributed by atoms with van der Waals surface area (Å²) < 4.78 is 5.84. The van der Waals surface area contributed by atoms with Crippen molar-refractivity contribution < 1.29 is 14.3 Å². The van der Waals surface area contributed by atoms with E-state index >= 15 is 0 Å². The lowest BCUT2D eigenvalue weighted by atomic mass is 10.1. The maximum Gasteiger partial charge on any atom is 0.257 e. The number of thiocarbonyl (C=S) groups is 1. The van der Waals surface area contributed by atoms with E-state index in [4.69, 9.17) is 17.0 Å². The van der Waals surface area contributed by atoms with Crippen LogP contribution in [0.5, 0.6) is 5.75 Å². The van der Waals surface area contributed by atoms with E-state index in [0.29, 0.717) is 27.0 Å². The monoisotopic (exact) mass is 491 g/mol. The molecule has 0 fully saturated rings. The molecule has 0 unspecified atom stereocenters. The van der Waals surface area contributed by atoms with Crippen LogP contribution in [0.15, 0.2) is 46.9 Å². The zero-order valence-corrected chi connectivity index (χ0v) is 19.7. The number of carbonyl (C=O) groups is 2. The highest BCUT2D eigenvalue weighted by Gasteiger charge is 2.15. The van der Waals surface area contributed by atoms with E-state index in [-0.39, 0.29) is 16.9 Å². The first-order valence-electron chi connectivity index (χ1n) is 9.74. The van der Waals surface area contributed by atoms with Crippen molar-refractivity contribution in [1.29, 1.82) is 0 Å². The van der Waals surface area contributed by atoms with Crippen molar-refractivity contribution in [2.24, 2.45) is 0 Å². The molecule has 0 saturated heterocycles. The third-order valence-electron chi connectivity index (χ3n) is 4.28. The molecule has 8 heteroatoms. The lowest BCUT2D eigenvalue weighted by Crippen LogP contribution is -2.34. The molecular formula is C22H26BrN3O3S. The number of hydrogen-bond acceptors (Lipinski definition) is 4. The van der Waals surface area contributed by atoms with Crippen LogP contribution in [0.4, 0.5) is 5.69 Å². The second-order valence-electron chi connectivity index (χ2n) is 6.63. The molecule has 0 saturated carbocycles. The molecular weight excluding hydrogens is 466 g/mol. The Labute approximate surface area is 191 Å². The summed E-state index contributed by atoms with van der Waals surface area (Å²) >= 11 is 8.62. The summed E-state index contributed by atoms with van der Waals surface area (Å²) in [6.07, 6.45) is 1.81. The Bertz CT molecular complexity index is 914. The highest BCUT2D eigenvalue weighted by molar-refractivity contribution is 9.10. The molecule has 2 amide bonds. The van der Waals surface area contributed by atoms with Crippen LogP contribution in [0.1, 0.15) is 47.4 Å². The second-order valence-corrected chi connectivity index (χ2v) is 7.89. The summed E-state index contributed by atoms with van der Waals surface area (Å²) in [7, 11) is 1.56. The summed E-state index contributed by atoms with van der Waals surface area (Å²) in [6.45, 7) is 5.54. The maximum atomic E-state index is 12.8. The van der Waals surface area contributed by atoms with Crippen LogP contribution < -0.4 is 15.4 Å². The minimum absolute atomic E-state index is 0.0135. The number of nitrogens with zero attached hydrogens (tertiary/aromatic N) is 1. The van der Waals surface area contributed by atoms with E-state index in [1.54, 1.807) is 49.6 Å². The normalized spacial score (nSPS) is 10.3. The Hall–Kier alpha value is -2.45. The highest BCUT2D eigenvalue weighted by atomic mass is 79.9. The molecule has 0 aromatic heterocycles. The van der Waals surface area contributed by atoms with Crippen LogP contribution in [0.3, 0.4) is 0 Å². The van der Waals surface area contributed by atoms with E-state index in [1.165, 1.54) is 0 Å². The Kier molecular flexibility index (Phi) is 9.26. The van der Waals surface area contributed by atoms with Crippen molar-refractivity contribution in [3.05, 3.63) is 58.1 Å². The van der Waals surface area contributed by atoms with Crippen LogP contribution in [0, 0.1) is 0 Å². The first-order chi connectivity index (χ1) is 14.4. The Morgan fingerprint density at radius 3 is 2.37 bits per heavy atom. The van der Waals surface area contributed by atoms with E-state index in [2.05, 4.69) is 40.4 Å². The van der Waals surface area contributed by atoms with E-state index in [0.717, 1.165) is 25.9 Å². The molecule has 6 nitrogen and oxygen atoms in total. The van der Waals surface area contributed by atoms with Gasteiger partial charge in [0, 0.05) is 29.9 Å². The number of benzene rings is 2. The van der Waals surface area contributed by atoms with Crippen molar-refractivity contribution >= 4 is 50.8 Å². The quantitative estimate of drug-likeness (QED) is 0.516. The number of anilines is 1. The zero-order chi connectivity index (χ0) is 22.1. The van der Waals surface area contributed by atoms with Gasteiger partial charge in [0.05, 0.1) is 11.6 Å². The summed E-state index contributed by atoms with van der Waals surface area (Å²) in [6, 6.07) is 12.1. The van der Waals surface area contributed by atoms with Gasteiger partial charge in [-0.2, -0.15) is 0 Å². The molecule has 0 heterocycles. The third kappa shape index (κ3) is 6.53. The fourth-order valence-electron chi connectivity index (χ4n) is 2.91. The molecule has 0 atom stereocenters. The van der Waals surface area contributed by atoms with Crippen LogP contribution in [-0.2, 0) is 0 Å². The fourth-order valence-corrected chi connectivity index (χ4v) is 3.66. The van der Waals surface area contributed by atoms with Gasteiger partial charge in [0.1, 0.15) is 5.75 Å². The van der Waals surface area contributed by atoms with Gasteiger partial charge in [-0.1, -0.05) is 19.9 Å². The number of amides is 2. The highest BCUT2D eigenvalue weighted by Crippen LogP contribution is 2.25. The second kappa shape index (κ2) is 11.7. The predicted octanol–water partition coefficient (Wildman–Crippen LogP) is 4.85. The number of hydrogen-bond donors (Lipinski definition) is 2. The zero-order valence-electron chi connectivity index (χ0n) is 17.3. The summed E-state index contributed by atoms with van der Waals surface area (Å²) in [5, 5.41) is 5.76. The largest absolute Gasteiger partial charge is 0.496 e. The summed E-state index contributed by atoms with van der Waals surface area (Å²) in [4.78, 5) is 27.1. The molecule has 2 rings (SSSR count). The van der Waals surface area contributed by atoms with Crippen LogP contribution in [-0.4, -0.2) is 42.0 Å². The Morgan fingerprint density at radius 1 is 1.07 bits per heavy atom. The SMILES string of the molecule is CCCN(CCC)C(=O)c1cccc(NC(=S)NC(=O)c2ccc(OC)c(Br)c2)c1. The van der Waals surface area contributed by atoms with E-state index in [9.17, 15) is 9.59 Å². The number of methoxy groups -OCH3 is 1. The van der Waals surface area contributed by atoms with Gasteiger partial charge in [-0.15, -0.1) is 0 Å². The van der Waals surface area contributed by atoms with Crippen molar-refractivity contribution in [2.45, 2.75) is 26.7 Å². The van der Waals surface area contributed by atoms with Gasteiger partial charge in [-0.05, 0) is 77.4 Å². The number of carbonyl (C=O) groups excluding carboxylic acids is 2. The van der Waals surface area contributed by atoms with Crippen LogP contribution in [0.25, 0.3) is 0 Å². The first kappa shape index (κ1) is 23.8. The molecule has 2 aromatic rings. The molecule has 30 heavy (non-hydrogen) atoms. The summed E-state index contributed by atoms with van der Waals surface area (Å²) in [5.74, 6) is 0.273. The predicted molar refractivity (Wildman–Crippen MR) is 127 cm³/mol. The topological polar surface area (TPSA) is 70.7 Å².